The molecule has 0 radical (unpaired) electrons. The molecular weight excluding hydrogens is 396 g/mol. The molecule has 0 atom stereocenters. The zero-order chi connectivity index (χ0) is 19.5. The lowest BCUT2D eigenvalue weighted by molar-refractivity contribution is 0.0751. The number of amides is 1. The Morgan fingerprint density at radius 2 is 1.96 bits per heavy atom. The molecule has 1 fully saturated rings. The van der Waals surface area contributed by atoms with Crippen molar-refractivity contribution < 1.29 is 9.53 Å². The summed E-state index contributed by atoms with van der Waals surface area (Å²) in [5.74, 6) is 1.87. The SMILES string of the molecule is Cc1ccc(Cl)c(Oc2cc(N3CCN(C(=O)c4cccs4)CC3)ncn2)c1. The molecule has 0 saturated carbocycles. The van der Waals surface area contributed by atoms with E-state index in [0.717, 1.165) is 16.3 Å². The van der Waals surface area contributed by atoms with E-state index in [1.807, 2.05) is 41.5 Å². The zero-order valence-corrected chi connectivity index (χ0v) is 16.9. The first kappa shape index (κ1) is 18.7. The number of nitrogens with zero attached hydrogens (tertiary/aromatic N) is 4. The number of aryl methyl sites for hydroxylation is 1. The number of hydrogen-bond acceptors (Lipinski definition) is 6. The van der Waals surface area contributed by atoms with Gasteiger partial charge in [0.25, 0.3) is 5.91 Å². The highest BCUT2D eigenvalue weighted by molar-refractivity contribution is 7.12. The van der Waals surface area contributed by atoms with Gasteiger partial charge in [-0.05, 0) is 36.1 Å². The van der Waals surface area contributed by atoms with Gasteiger partial charge in [0.1, 0.15) is 17.9 Å². The summed E-state index contributed by atoms with van der Waals surface area (Å²) in [5, 5.41) is 2.46. The Kier molecular flexibility index (Phi) is 5.45. The molecule has 0 aliphatic carbocycles. The van der Waals surface area contributed by atoms with Crippen molar-refractivity contribution in [1.29, 1.82) is 0 Å². The Hall–Kier alpha value is -2.64. The van der Waals surface area contributed by atoms with Gasteiger partial charge in [0.2, 0.25) is 5.88 Å². The quantitative estimate of drug-likeness (QED) is 0.638. The van der Waals surface area contributed by atoms with Gasteiger partial charge in [-0.1, -0.05) is 23.7 Å². The van der Waals surface area contributed by atoms with E-state index in [1.54, 1.807) is 12.1 Å². The molecule has 0 bridgehead atoms. The highest BCUT2D eigenvalue weighted by Gasteiger charge is 2.23. The van der Waals surface area contributed by atoms with E-state index < -0.39 is 0 Å². The Balaban J connectivity index is 1.42. The zero-order valence-electron chi connectivity index (χ0n) is 15.3. The molecule has 1 amide bonds. The van der Waals surface area contributed by atoms with Crippen LogP contribution in [0.15, 0.2) is 48.1 Å². The number of carbonyl (C=O) groups is 1. The summed E-state index contributed by atoms with van der Waals surface area (Å²) in [6.45, 7) is 4.70. The molecular formula is C20H19ClN4O2S. The summed E-state index contributed by atoms with van der Waals surface area (Å²) < 4.78 is 5.86. The van der Waals surface area contributed by atoms with Gasteiger partial charge in [0.05, 0.1) is 9.90 Å². The number of rotatable bonds is 4. The van der Waals surface area contributed by atoms with E-state index in [-0.39, 0.29) is 5.91 Å². The van der Waals surface area contributed by atoms with Crippen molar-refractivity contribution in [2.75, 3.05) is 31.1 Å². The maximum absolute atomic E-state index is 12.5. The fraction of sp³-hybridized carbons (Fsp3) is 0.250. The second-order valence-electron chi connectivity index (χ2n) is 6.51. The molecule has 0 spiro atoms. The van der Waals surface area contributed by atoms with E-state index in [0.29, 0.717) is 42.8 Å². The Morgan fingerprint density at radius 1 is 1.14 bits per heavy atom. The van der Waals surface area contributed by atoms with Crippen LogP contribution in [0.3, 0.4) is 0 Å². The van der Waals surface area contributed by atoms with Crippen molar-refractivity contribution in [3.8, 4) is 11.6 Å². The van der Waals surface area contributed by atoms with Crippen LogP contribution in [-0.4, -0.2) is 47.0 Å². The number of halogens is 1. The minimum atomic E-state index is 0.0930. The molecule has 28 heavy (non-hydrogen) atoms. The Labute approximate surface area is 172 Å². The average Bonchev–Trinajstić information content (AvgIpc) is 3.25. The van der Waals surface area contributed by atoms with Crippen LogP contribution in [0.5, 0.6) is 11.6 Å². The van der Waals surface area contributed by atoms with Crippen LogP contribution in [0.4, 0.5) is 5.82 Å². The van der Waals surface area contributed by atoms with Crippen LogP contribution in [0.25, 0.3) is 0 Å². The standard InChI is InChI=1S/C20H19ClN4O2S/c1-14-4-5-15(21)16(11-14)27-19-12-18(22-13-23-19)24-6-8-25(9-7-24)20(26)17-3-2-10-28-17/h2-5,10-13H,6-9H2,1H3. The van der Waals surface area contributed by atoms with Crippen molar-refractivity contribution in [3.63, 3.8) is 0 Å². The molecule has 3 aromatic rings. The number of carbonyl (C=O) groups excluding carboxylic acids is 1. The first-order chi connectivity index (χ1) is 13.6. The summed E-state index contributed by atoms with van der Waals surface area (Å²) in [6.07, 6.45) is 1.48. The largest absolute Gasteiger partial charge is 0.437 e. The summed E-state index contributed by atoms with van der Waals surface area (Å²) >= 11 is 7.68. The summed E-state index contributed by atoms with van der Waals surface area (Å²) in [6, 6.07) is 11.2. The number of piperazine rings is 1. The van der Waals surface area contributed by atoms with Crippen molar-refractivity contribution in [2.45, 2.75) is 6.92 Å². The topological polar surface area (TPSA) is 58.6 Å². The first-order valence-electron chi connectivity index (χ1n) is 8.94. The van der Waals surface area contributed by atoms with Crippen molar-refractivity contribution in [2.24, 2.45) is 0 Å². The van der Waals surface area contributed by atoms with Gasteiger partial charge >= 0.3 is 0 Å². The molecule has 1 aromatic carbocycles. The second kappa shape index (κ2) is 8.16. The first-order valence-corrected chi connectivity index (χ1v) is 10.2. The number of aromatic nitrogens is 2. The summed E-state index contributed by atoms with van der Waals surface area (Å²) in [4.78, 5) is 25.8. The molecule has 144 valence electrons. The minimum Gasteiger partial charge on any atom is -0.437 e. The molecule has 8 heteroatoms. The van der Waals surface area contributed by atoms with Crippen molar-refractivity contribution in [3.05, 3.63) is 63.6 Å². The number of anilines is 1. The van der Waals surface area contributed by atoms with Crippen LogP contribution >= 0.6 is 22.9 Å². The van der Waals surface area contributed by atoms with Crippen LogP contribution in [0, 0.1) is 6.92 Å². The number of thiophene rings is 1. The maximum atomic E-state index is 12.5. The van der Waals surface area contributed by atoms with Crippen LogP contribution in [0.1, 0.15) is 15.2 Å². The minimum absolute atomic E-state index is 0.0930. The molecule has 4 rings (SSSR count). The predicted octanol–water partition coefficient (Wildman–Crippen LogP) is 4.25. The number of benzene rings is 1. The van der Waals surface area contributed by atoms with Crippen LogP contribution in [-0.2, 0) is 0 Å². The molecule has 3 heterocycles. The van der Waals surface area contributed by atoms with E-state index >= 15 is 0 Å². The van der Waals surface area contributed by atoms with Crippen molar-refractivity contribution in [1.82, 2.24) is 14.9 Å². The van der Waals surface area contributed by atoms with Gasteiger partial charge in [-0.25, -0.2) is 9.97 Å². The highest BCUT2D eigenvalue weighted by Crippen LogP contribution is 2.30. The highest BCUT2D eigenvalue weighted by atomic mass is 35.5. The lowest BCUT2D eigenvalue weighted by Crippen LogP contribution is -2.48. The maximum Gasteiger partial charge on any atom is 0.264 e. The van der Waals surface area contributed by atoms with E-state index in [9.17, 15) is 4.79 Å². The Morgan fingerprint density at radius 3 is 2.71 bits per heavy atom. The lowest BCUT2D eigenvalue weighted by atomic mass is 10.2. The molecule has 1 aliphatic rings. The number of hydrogen-bond donors (Lipinski definition) is 0. The number of ether oxygens (including phenoxy) is 1. The normalized spacial score (nSPS) is 14.2. The molecule has 0 N–H and O–H groups in total. The van der Waals surface area contributed by atoms with Gasteiger partial charge in [0, 0.05) is 32.2 Å². The lowest BCUT2D eigenvalue weighted by Gasteiger charge is -2.35. The van der Waals surface area contributed by atoms with Crippen molar-refractivity contribution >= 4 is 34.7 Å². The third kappa shape index (κ3) is 4.10. The summed E-state index contributed by atoms with van der Waals surface area (Å²) in [5.41, 5.74) is 1.06. The van der Waals surface area contributed by atoms with E-state index in [4.69, 9.17) is 16.3 Å². The molecule has 1 aliphatic heterocycles. The van der Waals surface area contributed by atoms with Gasteiger partial charge in [-0.3, -0.25) is 4.79 Å². The van der Waals surface area contributed by atoms with E-state index in [2.05, 4.69) is 14.9 Å². The predicted molar refractivity (Wildman–Crippen MR) is 111 cm³/mol. The monoisotopic (exact) mass is 414 g/mol. The fourth-order valence-electron chi connectivity index (χ4n) is 3.05. The van der Waals surface area contributed by atoms with Gasteiger partial charge in [-0.2, -0.15) is 0 Å². The third-order valence-corrected chi connectivity index (χ3v) is 5.72. The molecule has 6 nitrogen and oxygen atoms in total. The van der Waals surface area contributed by atoms with Gasteiger partial charge < -0.3 is 14.5 Å². The molecule has 0 unspecified atom stereocenters. The van der Waals surface area contributed by atoms with E-state index in [1.165, 1.54) is 17.7 Å². The smallest absolute Gasteiger partial charge is 0.264 e. The second-order valence-corrected chi connectivity index (χ2v) is 7.86. The van der Waals surface area contributed by atoms with Crippen LogP contribution < -0.4 is 9.64 Å². The average molecular weight is 415 g/mol. The summed E-state index contributed by atoms with van der Waals surface area (Å²) in [7, 11) is 0. The molecule has 1 saturated heterocycles. The van der Waals surface area contributed by atoms with Crippen LogP contribution in [0.2, 0.25) is 5.02 Å². The van der Waals surface area contributed by atoms with Gasteiger partial charge in [-0.15, -0.1) is 11.3 Å². The fourth-order valence-corrected chi connectivity index (χ4v) is 3.90. The van der Waals surface area contributed by atoms with Gasteiger partial charge in [0.15, 0.2) is 0 Å². The Bertz CT molecular complexity index is 972. The molecule has 2 aromatic heterocycles. The third-order valence-electron chi connectivity index (χ3n) is 4.55.